The maximum absolute atomic E-state index is 8.12. The van der Waals surface area contributed by atoms with E-state index in [1.54, 1.807) is 11.8 Å². The largest absolute Gasteiger partial charge is 0.411 e. The number of rotatable bonds is 4. The van der Waals surface area contributed by atoms with Gasteiger partial charge in [0.2, 0.25) is 0 Å². The van der Waals surface area contributed by atoms with Gasteiger partial charge in [-0.25, -0.2) is 0 Å². The van der Waals surface area contributed by atoms with Gasteiger partial charge in [0.15, 0.2) is 0 Å². The number of nitrogens with zero attached hydrogens (tertiary/aromatic N) is 1. The number of hydrogen-bond donors (Lipinski definition) is 1. The van der Waals surface area contributed by atoms with E-state index in [0.29, 0.717) is 0 Å². The van der Waals surface area contributed by atoms with Crippen molar-refractivity contribution >= 4 is 18.0 Å². The first kappa shape index (κ1) is 9.13. The lowest BCUT2D eigenvalue weighted by Crippen LogP contribution is -1.80. The molecule has 0 fully saturated rings. The van der Waals surface area contributed by atoms with Crippen LogP contribution in [0.2, 0.25) is 0 Å². The predicted octanol–water partition coefficient (Wildman–Crippen LogP) is 2.63. The highest BCUT2D eigenvalue weighted by molar-refractivity contribution is 7.99. The monoisotopic (exact) mass is 181 g/mol. The van der Waals surface area contributed by atoms with E-state index in [4.69, 9.17) is 5.21 Å². The Morgan fingerprint density at radius 3 is 2.75 bits per heavy atom. The van der Waals surface area contributed by atoms with Gasteiger partial charge in [-0.1, -0.05) is 18.2 Å². The summed E-state index contributed by atoms with van der Waals surface area (Å²) in [7, 11) is 0. The molecule has 0 bridgehead atoms. The number of hydrogen-bond acceptors (Lipinski definition) is 3. The Morgan fingerprint density at radius 2 is 2.08 bits per heavy atom. The fourth-order valence-corrected chi connectivity index (χ4v) is 1.61. The van der Waals surface area contributed by atoms with Crippen LogP contribution in [-0.2, 0) is 0 Å². The summed E-state index contributed by atoms with van der Waals surface area (Å²) < 4.78 is 0. The van der Waals surface area contributed by atoms with Crippen molar-refractivity contribution < 1.29 is 5.21 Å². The molecule has 0 atom stereocenters. The SMILES string of the molecule is ON=CCCSc1ccccc1. The Hall–Kier alpha value is -0.960. The van der Waals surface area contributed by atoms with E-state index < -0.39 is 0 Å². The molecule has 0 spiro atoms. The number of thioether (sulfide) groups is 1. The quantitative estimate of drug-likeness (QED) is 0.254. The van der Waals surface area contributed by atoms with Crippen LogP contribution in [0.1, 0.15) is 6.42 Å². The van der Waals surface area contributed by atoms with Crippen LogP contribution in [0.5, 0.6) is 0 Å². The van der Waals surface area contributed by atoms with Gasteiger partial charge >= 0.3 is 0 Å². The maximum atomic E-state index is 8.12. The van der Waals surface area contributed by atoms with Crippen molar-refractivity contribution in [3.8, 4) is 0 Å². The minimum atomic E-state index is 0.802. The molecule has 0 radical (unpaired) electrons. The summed E-state index contributed by atoms with van der Waals surface area (Å²) in [5.41, 5.74) is 0. The van der Waals surface area contributed by atoms with Crippen molar-refractivity contribution in [2.75, 3.05) is 5.75 Å². The van der Waals surface area contributed by atoms with Gasteiger partial charge in [-0.3, -0.25) is 0 Å². The smallest absolute Gasteiger partial charge is 0.0444 e. The van der Waals surface area contributed by atoms with Crippen LogP contribution >= 0.6 is 11.8 Å². The summed E-state index contributed by atoms with van der Waals surface area (Å²) in [6.07, 6.45) is 2.31. The molecule has 1 aromatic carbocycles. The van der Waals surface area contributed by atoms with Crippen molar-refractivity contribution in [3.63, 3.8) is 0 Å². The van der Waals surface area contributed by atoms with E-state index >= 15 is 0 Å². The standard InChI is InChI=1S/C9H11NOS/c11-10-7-4-8-12-9-5-2-1-3-6-9/h1-3,5-7,11H,4,8H2. The van der Waals surface area contributed by atoms with E-state index in [-0.39, 0.29) is 0 Å². The summed E-state index contributed by atoms with van der Waals surface area (Å²) >= 11 is 1.76. The van der Waals surface area contributed by atoms with Gasteiger partial charge in [0.25, 0.3) is 0 Å². The molecule has 1 N–H and O–H groups in total. The van der Waals surface area contributed by atoms with Crippen LogP contribution in [0, 0.1) is 0 Å². The van der Waals surface area contributed by atoms with E-state index in [1.165, 1.54) is 11.1 Å². The van der Waals surface area contributed by atoms with Crippen molar-refractivity contribution in [1.29, 1.82) is 0 Å². The van der Waals surface area contributed by atoms with Crippen molar-refractivity contribution in [2.45, 2.75) is 11.3 Å². The fraction of sp³-hybridized carbons (Fsp3) is 0.222. The summed E-state index contributed by atoms with van der Waals surface area (Å²) in [5, 5.41) is 11.1. The van der Waals surface area contributed by atoms with Gasteiger partial charge in [-0.05, 0) is 18.6 Å². The van der Waals surface area contributed by atoms with E-state index in [1.807, 2.05) is 18.2 Å². The van der Waals surface area contributed by atoms with Crippen LogP contribution in [0.3, 0.4) is 0 Å². The molecule has 1 aromatic rings. The lowest BCUT2D eigenvalue weighted by Gasteiger charge is -1.96. The fourth-order valence-electron chi connectivity index (χ4n) is 0.804. The Balaban J connectivity index is 2.24. The average Bonchev–Trinajstić information content (AvgIpc) is 2.14. The molecular weight excluding hydrogens is 170 g/mol. The second-order valence-electron chi connectivity index (χ2n) is 2.25. The lowest BCUT2D eigenvalue weighted by atomic mass is 10.4. The third-order valence-electron chi connectivity index (χ3n) is 1.34. The molecule has 0 aromatic heterocycles. The molecule has 12 heavy (non-hydrogen) atoms. The molecular formula is C9H11NOS. The van der Waals surface area contributed by atoms with Gasteiger partial charge < -0.3 is 5.21 Å². The highest BCUT2D eigenvalue weighted by atomic mass is 32.2. The molecule has 64 valence electrons. The molecule has 0 aliphatic carbocycles. The lowest BCUT2D eigenvalue weighted by molar-refractivity contribution is 0.320. The molecule has 0 aliphatic rings. The number of oxime groups is 1. The molecule has 0 unspecified atom stereocenters. The first-order valence-electron chi connectivity index (χ1n) is 3.77. The van der Waals surface area contributed by atoms with Gasteiger partial charge in [-0.15, -0.1) is 16.9 Å². The second kappa shape index (κ2) is 5.66. The molecule has 0 amide bonds. The van der Waals surface area contributed by atoms with Gasteiger partial charge in [0.1, 0.15) is 0 Å². The van der Waals surface area contributed by atoms with Crippen LogP contribution in [0.25, 0.3) is 0 Å². The van der Waals surface area contributed by atoms with Crippen molar-refractivity contribution in [1.82, 2.24) is 0 Å². The van der Waals surface area contributed by atoms with Crippen LogP contribution in [0.15, 0.2) is 40.4 Å². The zero-order valence-electron chi connectivity index (χ0n) is 6.68. The maximum Gasteiger partial charge on any atom is 0.0444 e. The Kier molecular flexibility index (Phi) is 4.31. The highest BCUT2D eigenvalue weighted by Gasteiger charge is 1.89. The first-order valence-corrected chi connectivity index (χ1v) is 4.76. The van der Waals surface area contributed by atoms with E-state index in [0.717, 1.165) is 12.2 Å². The van der Waals surface area contributed by atoms with Crippen LogP contribution in [-0.4, -0.2) is 17.2 Å². The minimum absolute atomic E-state index is 0.802. The summed E-state index contributed by atoms with van der Waals surface area (Å²) in [4.78, 5) is 1.25. The normalized spacial score (nSPS) is 10.7. The zero-order chi connectivity index (χ0) is 8.65. The molecule has 1 rings (SSSR count). The highest BCUT2D eigenvalue weighted by Crippen LogP contribution is 2.16. The Labute approximate surface area is 76.3 Å². The van der Waals surface area contributed by atoms with E-state index in [2.05, 4.69) is 17.3 Å². The van der Waals surface area contributed by atoms with Crippen molar-refractivity contribution in [2.24, 2.45) is 5.16 Å². The summed E-state index contributed by atoms with van der Waals surface area (Å²) in [5.74, 6) is 0.952. The second-order valence-corrected chi connectivity index (χ2v) is 3.42. The molecule has 0 aliphatic heterocycles. The molecule has 0 saturated carbocycles. The average molecular weight is 181 g/mol. The van der Waals surface area contributed by atoms with Crippen LogP contribution in [0.4, 0.5) is 0 Å². The first-order chi connectivity index (χ1) is 5.93. The zero-order valence-corrected chi connectivity index (χ0v) is 7.50. The number of benzene rings is 1. The molecule has 0 saturated heterocycles. The molecule has 2 nitrogen and oxygen atoms in total. The third kappa shape index (κ3) is 3.44. The van der Waals surface area contributed by atoms with E-state index in [9.17, 15) is 0 Å². The topological polar surface area (TPSA) is 32.6 Å². The van der Waals surface area contributed by atoms with Gasteiger partial charge in [-0.2, -0.15) is 0 Å². The van der Waals surface area contributed by atoms with Crippen molar-refractivity contribution in [3.05, 3.63) is 30.3 Å². The Morgan fingerprint density at radius 1 is 1.33 bits per heavy atom. The van der Waals surface area contributed by atoms with Gasteiger partial charge in [0.05, 0.1) is 0 Å². The third-order valence-corrected chi connectivity index (χ3v) is 2.39. The predicted molar refractivity (Wildman–Crippen MR) is 52.1 cm³/mol. The summed E-state index contributed by atoms with van der Waals surface area (Å²) in [6.45, 7) is 0. The molecule has 0 heterocycles. The van der Waals surface area contributed by atoms with Gasteiger partial charge in [0, 0.05) is 16.9 Å². The molecule has 3 heteroatoms. The van der Waals surface area contributed by atoms with Crippen LogP contribution < -0.4 is 0 Å². The summed E-state index contributed by atoms with van der Waals surface area (Å²) in [6, 6.07) is 10.2. The minimum Gasteiger partial charge on any atom is -0.411 e. The Bertz CT molecular complexity index is 236.